The average molecular weight is 402 g/mol. The van der Waals surface area contributed by atoms with Crippen molar-refractivity contribution in [3.8, 4) is 11.4 Å². The third-order valence-electron chi connectivity index (χ3n) is 4.33. The molecule has 0 amide bonds. The van der Waals surface area contributed by atoms with Crippen molar-refractivity contribution in [1.29, 1.82) is 0 Å². The molecule has 0 spiro atoms. The molecule has 140 valence electrons. The van der Waals surface area contributed by atoms with E-state index in [1.165, 1.54) is 0 Å². The number of hydrogen-bond acceptors (Lipinski definition) is 5. The van der Waals surface area contributed by atoms with E-state index >= 15 is 0 Å². The van der Waals surface area contributed by atoms with Crippen LogP contribution in [-0.4, -0.2) is 33.2 Å². The van der Waals surface area contributed by atoms with Crippen molar-refractivity contribution in [3.05, 3.63) is 65.4 Å². The number of rotatable bonds is 7. The van der Waals surface area contributed by atoms with Gasteiger partial charge in [-0.1, -0.05) is 53.7 Å². The van der Waals surface area contributed by atoms with E-state index in [0.29, 0.717) is 16.9 Å². The number of aromatic nitrogens is 3. The molecule has 4 rings (SSSR count). The number of benzene rings is 2. The molecule has 7 heteroatoms. The second-order valence-corrected chi connectivity index (χ2v) is 7.63. The fraction of sp³-hybridized carbons (Fsp3) is 0.300. The lowest BCUT2D eigenvalue weighted by molar-refractivity contribution is 0.129. The summed E-state index contributed by atoms with van der Waals surface area (Å²) in [6, 6.07) is 17.5. The van der Waals surface area contributed by atoms with Gasteiger partial charge in [0.05, 0.1) is 11.1 Å². The van der Waals surface area contributed by atoms with Crippen LogP contribution in [-0.2, 0) is 11.3 Å². The Morgan fingerprint density at radius 3 is 2.70 bits per heavy atom. The lowest BCUT2D eigenvalue weighted by Crippen LogP contribution is -2.10. The molecule has 2 heterocycles. The summed E-state index contributed by atoms with van der Waals surface area (Å²) < 4.78 is 13.7. The van der Waals surface area contributed by atoms with Crippen LogP contribution in [0.5, 0.6) is 5.75 Å². The first-order valence-electron chi connectivity index (χ1n) is 8.93. The van der Waals surface area contributed by atoms with Crippen molar-refractivity contribution in [1.82, 2.24) is 14.8 Å². The van der Waals surface area contributed by atoms with E-state index in [1.807, 2.05) is 59.2 Å². The lowest BCUT2D eigenvalue weighted by atomic mass is 10.3. The number of thioether (sulfide) groups is 1. The molecule has 0 unspecified atom stereocenters. The lowest BCUT2D eigenvalue weighted by Gasteiger charge is -2.13. The van der Waals surface area contributed by atoms with Gasteiger partial charge >= 0.3 is 0 Å². The summed E-state index contributed by atoms with van der Waals surface area (Å²) in [6.07, 6.45) is 2.53. The number of para-hydroxylation sites is 2. The first-order chi connectivity index (χ1) is 13.3. The van der Waals surface area contributed by atoms with Gasteiger partial charge in [-0.15, -0.1) is 10.2 Å². The summed E-state index contributed by atoms with van der Waals surface area (Å²) in [5.41, 5.74) is 1.01. The molecule has 1 aliphatic rings. The standard InChI is InChI=1S/C20H20ClN3O2S/c21-17-10-4-5-11-18(17)26-13-19-22-23-20(27-14-16-9-6-12-25-16)24(19)15-7-2-1-3-8-15/h1-5,7-8,10-11,16H,6,9,12-14H2/t16-/m1/s1. The van der Waals surface area contributed by atoms with Gasteiger partial charge in [0, 0.05) is 18.0 Å². The van der Waals surface area contributed by atoms with E-state index < -0.39 is 0 Å². The van der Waals surface area contributed by atoms with Gasteiger partial charge in [0.1, 0.15) is 12.4 Å². The molecule has 5 nitrogen and oxygen atoms in total. The molecule has 0 bridgehead atoms. The third kappa shape index (κ3) is 4.46. The fourth-order valence-electron chi connectivity index (χ4n) is 2.97. The molecule has 2 aromatic carbocycles. The minimum Gasteiger partial charge on any atom is -0.484 e. The fourth-order valence-corrected chi connectivity index (χ4v) is 4.20. The highest BCUT2D eigenvalue weighted by atomic mass is 35.5. The molecule has 0 N–H and O–H groups in total. The predicted octanol–water partition coefficient (Wildman–Crippen LogP) is 4.77. The Balaban J connectivity index is 1.56. The van der Waals surface area contributed by atoms with E-state index in [9.17, 15) is 0 Å². The molecule has 1 aliphatic heterocycles. The second kappa shape index (κ2) is 8.78. The van der Waals surface area contributed by atoms with Gasteiger partial charge in [-0.25, -0.2) is 0 Å². The monoisotopic (exact) mass is 401 g/mol. The summed E-state index contributed by atoms with van der Waals surface area (Å²) in [6.45, 7) is 1.14. The van der Waals surface area contributed by atoms with Crippen LogP contribution in [0.4, 0.5) is 0 Å². The van der Waals surface area contributed by atoms with Crippen LogP contribution in [0.3, 0.4) is 0 Å². The van der Waals surface area contributed by atoms with Crippen molar-refractivity contribution >= 4 is 23.4 Å². The maximum Gasteiger partial charge on any atom is 0.196 e. The second-order valence-electron chi connectivity index (χ2n) is 6.23. The normalized spacial score (nSPS) is 16.6. The molecule has 1 aromatic heterocycles. The quantitative estimate of drug-likeness (QED) is 0.533. The van der Waals surface area contributed by atoms with Crippen molar-refractivity contribution < 1.29 is 9.47 Å². The van der Waals surface area contributed by atoms with Gasteiger partial charge in [-0.3, -0.25) is 4.57 Å². The Morgan fingerprint density at radius 2 is 1.93 bits per heavy atom. The Hall–Kier alpha value is -2.02. The summed E-state index contributed by atoms with van der Waals surface area (Å²) in [5, 5.41) is 10.2. The maximum atomic E-state index is 6.19. The van der Waals surface area contributed by atoms with Crippen LogP contribution >= 0.6 is 23.4 Å². The molecule has 0 saturated carbocycles. The Bertz CT molecular complexity index is 882. The first-order valence-corrected chi connectivity index (χ1v) is 10.3. The van der Waals surface area contributed by atoms with Gasteiger partial charge in [0.25, 0.3) is 0 Å². The minimum absolute atomic E-state index is 0.284. The average Bonchev–Trinajstić information content (AvgIpc) is 3.36. The van der Waals surface area contributed by atoms with Gasteiger partial charge in [0.2, 0.25) is 0 Å². The molecule has 27 heavy (non-hydrogen) atoms. The zero-order valence-electron chi connectivity index (χ0n) is 14.8. The summed E-state index contributed by atoms with van der Waals surface area (Å²) in [4.78, 5) is 0. The van der Waals surface area contributed by atoms with Crippen molar-refractivity contribution in [2.24, 2.45) is 0 Å². The first kappa shape index (κ1) is 18.3. The largest absolute Gasteiger partial charge is 0.484 e. The van der Waals surface area contributed by atoms with E-state index in [1.54, 1.807) is 11.8 Å². The Labute approximate surface area is 167 Å². The van der Waals surface area contributed by atoms with E-state index in [4.69, 9.17) is 21.1 Å². The highest BCUT2D eigenvalue weighted by Gasteiger charge is 2.20. The molecular weight excluding hydrogens is 382 g/mol. The third-order valence-corrected chi connectivity index (χ3v) is 5.70. The predicted molar refractivity (Wildman–Crippen MR) is 107 cm³/mol. The molecule has 1 atom stereocenters. The highest BCUT2D eigenvalue weighted by molar-refractivity contribution is 7.99. The van der Waals surface area contributed by atoms with Gasteiger partial charge < -0.3 is 9.47 Å². The van der Waals surface area contributed by atoms with Gasteiger partial charge in [-0.05, 0) is 37.1 Å². The zero-order valence-corrected chi connectivity index (χ0v) is 16.3. The number of hydrogen-bond donors (Lipinski definition) is 0. The maximum absolute atomic E-state index is 6.19. The van der Waals surface area contributed by atoms with E-state index in [2.05, 4.69) is 10.2 Å². The molecule has 3 aromatic rings. The molecule has 1 fully saturated rings. The smallest absolute Gasteiger partial charge is 0.196 e. The van der Waals surface area contributed by atoms with Crippen molar-refractivity contribution in [2.45, 2.75) is 30.7 Å². The molecule has 0 aliphatic carbocycles. The summed E-state index contributed by atoms with van der Waals surface area (Å²) in [5.74, 6) is 2.24. The SMILES string of the molecule is Clc1ccccc1OCc1nnc(SC[C@H]2CCCO2)n1-c1ccccc1. The van der Waals surface area contributed by atoms with E-state index in [0.717, 1.165) is 41.9 Å². The molecular formula is C20H20ClN3O2S. The van der Waals surface area contributed by atoms with Crippen LogP contribution in [0.25, 0.3) is 5.69 Å². The van der Waals surface area contributed by atoms with Crippen LogP contribution in [0, 0.1) is 0 Å². The topological polar surface area (TPSA) is 49.2 Å². The van der Waals surface area contributed by atoms with Crippen LogP contribution in [0.15, 0.2) is 59.8 Å². The van der Waals surface area contributed by atoms with Crippen LogP contribution < -0.4 is 4.74 Å². The Morgan fingerprint density at radius 1 is 1.11 bits per heavy atom. The van der Waals surface area contributed by atoms with Crippen molar-refractivity contribution in [3.63, 3.8) is 0 Å². The van der Waals surface area contributed by atoms with Crippen LogP contribution in [0.2, 0.25) is 5.02 Å². The Kier molecular flexibility index (Phi) is 5.97. The number of halogens is 1. The van der Waals surface area contributed by atoms with Crippen molar-refractivity contribution in [2.75, 3.05) is 12.4 Å². The number of nitrogens with zero attached hydrogens (tertiary/aromatic N) is 3. The van der Waals surface area contributed by atoms with E-state index in [-0.39, 0.29) is 6.61 Å². The minimum atomic E-state index is 0.284. The zero-order chi connectivity index (χ0) is 18.5. The molecule has 1 saturated heterocycles. The molecule has 0 radical (unpaired) electrons. The number of ether oxygens (including phenoxy) is 2. The van der Waals surface area contributed by atoms with Crippen LogP contribution in [0.1, 0.15) is 18.7 Å². The highest BCUT2D eigenvalue weighted by Crippen LogP contribution is 2.28. The van der Waals surface area contributed by atoms with Gasteiger partial charge in [-0.2, -0.15) is 0 Å². The van der Waals surface area contributed by atoms with Gasteiger partial charge in [0.15, 0.2) is 11.0 Å². The summed E-state index contributed by atoms with van der Waals surface area (Å²) >= 11 is 7.86. The summed E-state index contributed by atoms with van der Waals surface area (Å²) in [7, 11) is 0.